The van der Waals surface area contributed by atoms with Crippen LogP contribution in [0.25, 0.3) is 0 Å². The fourth-order valence-corrected chi connectivity index (χ4v) is 4.73. The number of rotatable bonds is 6. The number of halogens is 1. The molecule has 1 heterocycles. The fourth-order valence-electron chi connectivity index (χ4n) is 3.54. The van der Waals surface area contributed by atoms with Gasteiger partial charge in [0.1, 0.15) is 5.82 Å². The number of nitrogens with one attached hydrogen (secondary N) is 1. The van der Waals surface area contributed by atoms with Crippen LogP contribution in [0.1, 0.15) is 30.4 Å². The van der Waals surface area contributed by atoms with Crippen molar-refractivity contribution in [3.8, 4) is 0 Å². The number of benzene rings is 2. The molecule has 0 aliphatic carbocycles. The summed E-state index contributed by atoms with van der Waals surface area (Å²) in [6, 6.07) is 16.3. The van der Waals surface area contributed by atoms with Gasteiger partial charge in [0, 0.05) is 12.5 Å². The van der Waals surface area contributed by atoms with E-state index in [0.29, 0.717) is 12.0 Å². The van der Waals surface area contributed by atoms with Gasteiger partial charge >= 0.3 is 0 Å². The van der Waals surface area contributed by atoms with E-state index >= 15 is 0 Å². The Bertz CT molecular complexity index is 732. The molecule has 0 aromatic heterocycles. The van der Waals surface area contributed by atoms with Gasteiger partial charge in [0.25, 0.3) is 0 Å². The molecule has 0 spiro atoms. The van der Waals surface area contributed by atoms with Crippen molar-refractivity contribution >= 4 is 17.7 Å². The third-order valence-corrected chi connectivity index (χ3v) is 5.92. The van der Waals surface area contributed by atoms with E-state index in [-0.39, 0.29) is 23.7 Å². The first-order chi connectivity index (χ1) is 12.6. The minimum atomic E-state index is -0.405. The molecule has 2 aromatic rings. The summed E-state index contributed by atoms with van der Waals surface area (Å²) >= 11 is 1.92. The first kappa shape index (κ1) is 18.9. The lowest BCUT2D eigenvalue weighted by Crippen LogP contribution is -2.49. The lowest BCUT2D eigenvalue weighted by molar-refractivity contribution is -0.123. The summed E-state index contributed by atoms with van der Waals surface area (Å²) in [4.78, 5) is 12.7. The molecule has 2 aromatic carbocycles. The Morgan fingerprint density at radius 3 is 2.46 bits per heavy atom. The second kappa shape index (κ2) is 8.69. The van der Waals surface area contributed by atoms with Crippen LogP contribution in [-0.4, -0.2) is 23.5 Å². The first-order valence-corrected chi connectivity index (χ1v) is 10.2. The lowest BCUT2D eigenvalue weighted by atomic mass is 9.84. The Morgan fingerprint density at radius 1 is 1.12 bits per heavy atom. The maximum atomic E-state index is 13.8. The van der Waals surface area contributed by atoms with Crippen LogP contribution in [0, 0.1) is 5.82 Å². The van der Waals surface area contributed by atoms with Gasteiger partial charge in [-0.15, -0.1) is 0 Å². The molecule has 3 N–H and O–H groups in total. The van der Waals surface area contributed by atoms with Crippen LogP contribution in [0.4, 0.5) is 4.39 Å². The molecule has 1 amide bonds. The summed E-state index contributed by atoms with van der Waals surface area (Å²) in [5, 5.41) is 3.25. The van der Waals surface area contributed by atoms with Crippen LogP contribution in [0.2, 0.25) is 0 Å². The average molecular weight is 373 g/mol. The largest absolute Gasteiger partial charge is 0.346 e. The SMILES string of the molecule is N[C@@H](CC(=O)NC1(c2ccccc2)CCSCC1)Cc1ccccc1F. The summed E-state index contributed by atoms with van der Waals surface area (Å²) in [6.07, 6.45) is 2.37. The molecule has 0 radical (unpaired) electrons. The van der Waals surface area contributed by atoms with Crippen molar-refractivity contribution in [2.75, 3.05) is 11.5 Å². The smallest absolute Gasteiger partial charge is 0.222 e. The van der Waals surface area contributed by atoms with Crippen LogP contribution in [0.3, 0.4) is 0 Å². The number of carbonyl (C=O) groups is 1. The number of thioether (sulfide) groups is 1. The Kier molecular flexibility index (Phi) is 6.33. The molecule has 0 unspecified atom stereocenters. The van der Waals surface area contributed by atoms with Crippen LogP contribution >= 0.6 is 11.8 Å². The summed E-state index contributed by atoms with van der Waals surface area (Å²) in [5.41, 5.74) is 7.52. The fraction of sp³-hybridized carbons (Fsp3) is 0.381. The maximum Gasteiger partial charge on any atom is 0.222 e. The van der Waals surface area contributed by atoms with Gasteiger partial charge in [-0.1, -0.05) is 48.5 Å². The highest BCUT2D eigenvalue weighted by molar-refractivity contribution is 7.99. The Hall–Kier alpha value is -1.85. The average Bonchev–Trinajstić information content (AvgIpc) is 2.65. The maximum absolute atomic E-state index is 13.8. The molecule has 1 saturated heterocycles. The molecule has 0 saturated carbocycles. The molecule has 138 valence electrons. The van der Waals surface area contributed by atoms with Crippen LogP contribution in [0.5, 0.6) is 0 Å². The van der Waals surface area contributed by atoms with Gasteiger partial charge in [0.2, 0.25) is 5.91 Å². The molecule has 1 fully saturated rings. The van der Waals surface area contributed by atoms with Crippen molar-refractivity contribution in [3.05, 3.63) is 71.5 Å². The molecule has 0 bridgehead atoms. The summed E-state index contributed by atoms with van der Waals surface area (Å²) in [5.74, 6) is 1.71. The zero-order valence-electron chi connectivity index (χ0n) is 14.8. The van der Waals surface area contributed by atoms with E-state index in [2.05, 4.69) is 17.4 Å². The van der Waals surface area contributed by atoms with Gasteiger partial charge in [0.15, 0.2) is 0 Å². The van der Waals surface area contributed by atoms with Crippen molar-refractivity contribution in [3.63, 3.8) is 0 Å². The van der Waals surface area contributed by atoms with E-state index in [1.807, 2.05) is 30.0 Å². The topological polar surface area (TPSA) is 55.1 Å². The third-order valence-electron chi connectivity index (χ3n) is 4.94. The van der Waals surface area contributed by atoms with Crippen molar-refractivity contribution in [1.82, 2.24) is 5.32 Å². The summed E-state index contributed by atoms with van der Waals surface area (Å²) < 4.78 is 13.8. The number of nitrogens with two attached hydrogens (primary N) is 1. The van der Waals surface area contributed by atoms with E-state index in [9.17, 15) is 9.18 Å². The number of hydrogen-bond acceptors (Lipinski definition) is 3. The van der Waals surface area contributed by atoms with E-state index in [1.54, 1.807) is 18.2 Å². The van der Waals surface area contributed by atoms with Crippen LogP contribution in [-0.2, 0) is 16.8 Å². The molecule has 5 heteroatoms. The molecular formula is C21H25FN2OS. The van der Waals surface area contributed by atoms with Crippen molar-refractivity contribution in [2.45, 2.75) is 37.3 Å². The van der Waals surface area contributed by atoms with Crippen molar-refractivity contribution in [1.29, 1.82) is 0 Å². The van der Waals surface area contributed by atoms with Crippen LogP contribution in [0.15, 0.2) is 54.6 Å². The predicted octanol–water partition coefficient (Wildman–Crippen LogP) is 3.62. The highest BCUT2D eigenvalue weighted by Gasteiger charge is 2.35. The van der Waals surface area contributed by atoms with E-state index < -0.39 is 6.04 Å². The van der Waals surface area contributed by atoms with Crippen molar-refractivity contribution in [2.24, 2.45) is 5.73 Å². The lowest BCUT2D eigenvalue weighted by Gasteiger charge is -2.38. The zero-order chi connectivity index (χ0) is 18.4. The second-order valence-electron chi connectivity index (χ2n) is 6.87. The van der Waals surface area contributed by atoms with E-state index in [4.69, 9.17) is 5.73 Å². The quantitative estimate of drug-likeness (QED) is 0.814. The molecule has 3 rings (SSSR count). The van der Waals surface area contributed by atoms with Crippen LogP contribution < -0.4 is 11.1 Å². The predicted molar refractivity (Wildman–Crippen MR) is 106 cm³/mol. The standard InChI is InChI=1S/C21H25FN2OS/c22-19-9-5-4-6-16(19)14-18(23)15-20(25)24-21(10-12-26-13-11-21)17-7-2-1-3-8-17/h1-9,18H,10-15,23H2,(H,24,25)/t18-/m1/s1. The van der Waals surface area contributed by atoms with Gasteiger partial charge in [-0.05, 0) is 48.0 Å². The highest BCUT2D eigenvalue weighted by Crippen LogP contribution is 2.36. The van der Waals surface area contributed by atoms with Gasteiger partial charge in [-0.3, -0.25) is 4.79 Å². The van der Waals surface area contributed by atoms with Gasteiger partial charge < -0.3 is 11.1 Å². The van der Waals surface area contributed by atoms with E-state index in [1.165, 1.54) is 6.07 Å². The summed E-state index contributed by atoms with van der Waals surface area (Å²) in [7, 11) is 0. The van der Waals surface area contributed by atoms with E-state index in [0.717, 1.165) is 29.9 Å². The van der Waals surface area contributed by atoms with Gasteiger partial charge in [0.05, 0.1) is 5.54 Å². The molecular weight excluding hydrogens is 347 g/mol. The Balaban J connectivity index is 1.66. The summed E-state index contributed by atoms with van der Waals surface area (Å²) in [6.45, 7) is 0. The van der Waals surface area contributed by atoms with Gasteiger partial charge in [-0.25, -0.2) is 4.39 Å². The first-order valence-electron chi connectivity index (χ1n) is 9.02. The Labute approximate surface area is 158 Å². The number of hydrogen-bond donors (Lipinski definition) is 2. The normalized spacial score (nSPS) is 17.5. The third kappa shape index (κ3) is 4.65. The van der Waals surface area contributed by atoms with Crippen molar-refractivity contribution < 1.29 is 9.18 Å². The molecule has 26 heavy (non-hydrogen) atoms. The monoisotopic (exact) mass is 372 g/mol. The highest BCUT2D eigenvalue weighted by atomic mass is 32.2. The molecule has 1 aliphatic rings. The number of amides is 1. The molecule has 1 aliphatic heterocycles. The zero-order valence-corrected chi connectivity index (χ0v) is 15.6. The minimum Gasteiger partial charge on any atom is -0.346 e. The van der Waals surface area contributed by atoms with Gasteiger partial charge in [-0.2, -0.15) is 11.8 Å². The second-order valence-corrected chi connectivity index (χ2v) is 8.09. The molecule has 1 atom stereocenters. The number of carbonyl (C=O) groups excluding carboxylic acids is 1. The molecule has 3 nitrogen and oxygen atoms in total. The Morgan fingerprint density at radius 2 is 1.77 bits per heavy atom. The minimum absolute atomic E-state index is 0.0652.